The van der Waals surface area contributed by atoms with Crippen LogP contribution >= 0.6 is 11.3 Å². The molecule has 0 unspecified atom stereocenters. The van der Waals surface area contributed by atoms with Gasteiger partial charge in [-0.25, -0.2) is 0 Å². The molecule has 0 aromatic carbocycles. The summed E-state index contributed by atoms with van der Waals surface area (Å²) in [5.41, 5.74) is 0.719. The van der Waals surface area contributed by atoms with Crippen molar-refractivity contribution in [1.82, 2.24) is 0 Å². The van der Waals surface area contributed by atoms with E-state index in [1.54, 1.807) is 11.4 Å². The molecule has 1 fully saturated rings. The quantitative estimate of drug-likeness (QED) is 0.547. The van der Waals surface area contributed by atoms with Crippen LogP contribution in [0.3, 0.4) is 0 Å². The van der Waals surface area contributed by atoms with Crippen molar-refractivity contribution >= 4 is 23.4 Å². The Bertz CT molecular complexity index is 336. The second kappa shape index (κ2) is 3.42. The molecule has 68 valence electrons. The summed E-state index contributed by atoms with van der Waals surface area (Å²) in [6.45, 7) is 0. The molecule has 13 heavy (non-hydrogen) atoms. The standard InChI is InChI=1S/C10H10O2S/c11-5-9-4-8(6-13-9)10(12)7-2-1-3-7/h4-7H,1-3H2. The van der Waals surface area contributed by atoms with Crippen LogP contribution in [0.1, 0.15) is 39.3 Å². The number of Topliss-reactive ketones (excluding diaryl/α,β-unsaturated/α-hetero) is 1. The lowest BCUT2D eigenvalue weighted by atomic mass is 9.80. The van der Waals surface area contributed by atoms with Crippen LogP contribution in [-0.2, 0) is 0 Å². The van der Waals surface area contributed by atoms with Crippen LogP contribution in [0.2, 0.25) is 0 Å². The van der Waals surface area contributed by atoms with Gasteiger partial charge in [0, 0.05) is 16.9 Å². The average Bonchev–Trinajstić information content (AvgIpc) is 2.48. The molecule has 0 spiro atoms. The normalized spacial score (nSPS) is 16.6. The zero-order chi connectivity index (χ0) is 9.26. The SMILES string of the molecule is O=Cc1cc(C(=O)C2CCC2)cs1. The van der Waals surface area contributed by atoms with E-state index in [9.17, 15) is 9.59 Å². The number of hydrogen-bond acceptors (Lipinski definition) is 3. The topological polar surface area (TPSA) is 34.1 Å². The maximum Gasteiger partial charge on any atom is 0.166 e. The lowest BCUT2D eigenvalue weighted by molar-refractivity contribution is 0.0855. The third-order valence-corrected chi connectivity index (χ3v) is 3.35. The fourth-order valence-electron chi connectivity index (χ4n) is 1.45. The average molecular weight is 194 g/mol. The number of carbonyl (C=O) groups excluding carboxylic acids is 2. The predicted octanol–water partition coefficient (Wildman–Crippen LogP) is 2.54. The van der Waals surface area contributed by atoms with Gasteiger partial charge in [-0.2, -0.15) is 0 Å². The molecule has 0 amide bonds. The van der Waals surface area contributed by atoms with E-state index in [1.165, 1.54) is 17.8 Å². The molecule has 0 saturated heterocycles. The Kier molecular flexibility index (Phi) is 2.27. The summed E-state index contributed by atoms with van der Waals surface area (Å²) in [5.74, 6) is 0.449. The van der Waals surface area contributed by atoms with Crippen molar-refractivity contribution in [2.24, 2.45) is 5.92 Å². The zero-order valence-corrected chi connectivity index (χ0v) is 7.97. The second-order valence-electron chi connectivity index (χ2n) is 3.35. The molecule has 1 aliphatic rings. The number of hydrogen-bond donors (Lipinski definition) is 0. The smallest absolute Gasteiger partial charge is 0.166 e. The highest BCUT2D eigenvalue weighted by atomic mass is 32.1. The van der Waals surface area contributed by atoms with Gasteiger partial charge < -0.3 is 0 Å². The van der Waals surface area contributed by atoms with E-state index in [1.807, 2.05) is 0 Å². The second-order valence-corrected chi connectivity index (χ2v) is 4.29. The van der Waals surface area contributed by atoms with Gasteiger partial charge in [-0.3, -0.25) is 9.59 Å². The van der Waals surface area contributed by atoms with E-state index in [4.69, 9.17) is 0 Å². The molecular formula is C10H10O2S. The van der Waals surface area contributed by atoms with Crippen molar-refractivity contribution < 1.29 is 9.59 Å². The van der Waals surface area contributed by atoms with E-state index in [0.717, 1.165) is 24.7 Å². The van der Waals surface area contributed by atoms with Crippen molar-refractivity contribution in [3.8, 4) is 0 Å². The molecule has 3 heteroatoms. The van der Waals surface area contributed by atoms with Crippen molar-refractivity contribution in [1.29, 1.82) is 0 Å². The van der Waals surface area contributed by atoms with Crippen molar-refractivity contribution in [3.63, 3.8) is 0 Å². The van der Waals surface area contributed by atoms with Gasteiger partial charge in [-0.05, 0) is 18.9 Å². The molecule has 0 atom stereocenters. The molecule has 1 saturated carbocycles. The molecule has 2 nitrogen and oxygen atoms in total. The van der Waals surface area contributed by atoms with E-state index in [2.05, 4.69) is 0 Å². The summed E-state index contributed by atoms with van der Waals surface area (Å²) in [7, 11) is 0. The first-order valence-corrected chi connectivity index (χ1v) is 5.27. The Morgan fingerprint density at radius 3 is 2.77 bits per heavy atom. The number of ketones is 1. The van der Waals surface area contributed by atoms with E-state index >= 15 is 0 Å². The summed E-state index contributed by atoms with van der Waals surface area (Å²) in [4.78, 5) is 22.7. The van der Waals surface area contributed by atoms with Gasteiger partial charge in [0.25, 0.3) is 0 Å². The Balaban J connectivity index is 2.14. The van der Waals surface area contributed by atoms with Crippen LogP contribution < -0.4 is 0 Å². The summed E-state index contributed by atoms with van der Waals surface area (Å²) in [6.07, 6.45) is 4.00. The maximum atomic E-state index is 11.6. The fourth-order valence-corrected chi connectivity index (χ4v) is 2.15. The van der Waals surface area contributed by atoms with Gasteiger partial charge in [0.2, 0.25) is 0 Å². The summed E-state index contributed by atoms with van der Waals surface area (Å²) >= 11 is 1.34. The van der Waals surface area contributed by atoms with Gasteiger partial charge in [-0.15, -0.1) is 11.3 Å². The Labute approximate surface area is 80.6 Å². The fraction of sp³-hybridized carbons (Fsp3) is 0.400. The number of carbonyl (C=O) groups is 2. The molecule has 1 aromatic heterocycles. The van der Waals surface area contributed by atoms with Crippen LogP contribution in [0.5, 0.6) is 0 Å². The lowest BCUT2D eigenvalue weighted by Gasteiger charge is -2.23. The van der Waals surface area contributed by atoms with Crippen LogP contribution in [-0.4, -0.2) is 12.1 Å². The molecule has 1 aliphatic carbocycles. The van der Waals surface area contributed by atoms with Crippen LogP contribution in [0, 0.1) is 5.92 Å². The van der Waals surface area contributed by atoms with Crippen LogP contribution in [0.25, 0.3) is 0 Å². The highest BCUT2D eigenvalue weighted by Gasteiger charge is 2.26. The Hall–Kier alpha value is -0.960. The number of rotatable bonds is 3. The largest absolute Gasteiger partial charge is 0.297 e. The van der Waals surface area contributed by atoms with Crippen LogP contribution in [0.15, 0.2) is 11.4 Å². The van der Waals surface area contributed by atoms with Crippen molar-refractivity contribution in [2.75, 3.05) is 0 Å². The van der Waals surface area contributed by atoms with Crippen LogP contribution in [0.4, 0.5) is 0 Å². The molecule has 1 heterocycles. The molecule has 1 aromatic rings. The highest BCUT2D eigenvalue weighted by Crippen LogP contribution is 2.30. The van der Waals surface area contributed by atoms with Gasteiger partial charge in [0.15, 0.2) is 12.1 Å². The van der Waals surface area contributed by atoms with Crippen molar-refractivity contribution in [3.05, 3.63) is 21.9 Å². The Morgan fingerprint density at radius 2 is 2.31 bits per heavy atom. The van der Waals surface area contributed by atoms with E-state index in [0.29, 0.717) is 4.88 Å². The monoisotopic (exact) mass is 194 g/mol. The number of thiophene rings is 1. The summed E-state index contributed by atoms with van der Waals surface area (Å²) < 4.78 is 0. The zero-order valence-electron chi connectivity index (χ0n) is 7.16. The molecule has 0 radical (unpaired) electrons. The molecule has 2 rings (SSSR count). The minimum Gasteiger partial charge on any atom is -0.297 e. The van der Waals surface area contributed by atoms with Crippen molar-refractivity contribution in [2.45, 2.75) is 19.3 Å². The number of aldehydes is 1. The minimum absolute atomic E-state index is 0.218. The van der Waals surface area contributed by atoms with E-state index < -0.39 is 0 Å². The first-order valence-electron chi connectivity index (χ1n) is 4.39. The van der Waals surface area contributed by atoms with Gasteiger partial charge >= 0.3 is 0 Å². The van der Waals surface area contributed by atoms with Gasteiger partial charge in [-0.1, -0.05) is 6.42 Å². The van der Waals surface area contributed by atoms with E-state index in [-0.39, 0.29) is 11.7 Å². The summed E-state index contributed by atoms with van der Waals surface area (Å²) in [6, 6.07) is 1.69. The third-order valence-electron chi connectivity index (χ3n) is 2.50. The predicted molar refractivity (Wildman–Crippen MR) is 51.4 cm³/mol. The molecular weight excluding hydrogens is 184 g/mol. The third kappa shape index (κ3) is 1.56. The lowest BCUT2D eigenvalue weighted by Crippen LogP contribution is -2.21. The highest BCUT2D eigenvalue weighted by molar-refractivity contribution is 7.12. The minimum atomic E-state index is 0.218. The molecule has 0 aliphatic heterocycles. The molecule has 0 bridgehead atoms. The summed E-state index contributed by atoms with van der Waals surface area (Å²) in [5, 5.41) is 1.78. The maximum absolute atomic E-state index is 11.6. The first-order chi connectivity index (χ1) is 6.31. The first kappa shape index (κ1) is 8.63. The molecule has 0 N–H and O–H groups in total. The van der Waals surface area contributed by atoms with Gasteiger partial charge in [0.05, 0.1) is 4.88 Å². The van der Waals surface area contributed by atoms with Gasteiger partial charge in [0.1, 0.15) is 0 Å². The Morgan fingerprint density at radius 1 is 1.54 bits per heavy atom.